The number of thioether (sulfide) groups is 1. The van der Waals surface area contributed by atoms with Crippen molar-refractivity contribution in [2.24, 2.45) is 5.92 Å². The first-order valence-electron chi connectivity index (χ1n) is 10.6. The van der Waals surface area contributed by atoms with E-state index in [4.69, 9.17) is 0 Å². The van der Waals surface area contributed by atoms with Crippen LogP contribution in [0.1, 0.15) is 24.0 Å². The third-order valence-electron chi connectivity index (χ3n) is 5.37. The van der Waals surface area contributed by atoms with Gasteiger partial charge in [0.2, 0.25) is 5.91 Å². The van der Waals surface area contributed by atoms with Crippen LogP contribution in [-0.4, -0.2) is 71.9 Å². The Hall–Kier alpha value is -3.02. The number of likely N-dealkylation sites (tertiary alicyclic amines) is 1. The van der Waals surface area contributed by atoms with E-state index in [9.17, 15) is 32.3 Å². The van der Waals surface area contributed by atoms with Crippen molar-refractivity contribution >= 4 is 41.0 Å². The fourth-order valence-corrected chi connectivity index (χ4v) is 4.37. The molecule has 1 N–H and O–H groups in total. The minimum absolute atomic E-state index is 0.0181. The molecule has 8 nitrogen and oxygen atoms in total. The van der Waals surface area contributed by atoms with Gasteiger partial charge in [0.15, 0.2) is 6.61 Å². The van der Waals surface area contributed by atoms with E-state index in [1.807, 2.05) is 31.2 Å². The standard InChI is InChI=1S/C22H24F3N3O5S/c1-14-2-4-15(5-3-14)12-17-19(30)28(21(32)34-17)11-8-26-18(29)16-6-9-27(10-7-16)20(31)33-13-22(23,24)25/h2-5,12,16H,6-11,13H2,1H3,(H,26,29)/b17-12+. The molecule has 184 valence electrons. The maximum atomic E-state index is 12.6. The first kappa shape index (κ1) is 25.6. The highest BCUT2D eigenvalue weighted by Gasteiger charge is 2.35. The molecule has 3 rings (SSSR count). The first-order chi connectivity index (χ1) is 16.0. The van der Waals surface area contributed by atoms with Crippen LogP contribution in [-0.2, 0) is 14.3 Å². The number of halogens is 3. The number of hydrogen-bond donors (Lipinski definition) is 1. The van der Waals surface area contributed by atoms with Crippen LogP contribution < -0.4 is 5.32 Å². The van der Waals surface area contributed by atoms with Crippen molar-refractivity contribution in [3.63, 3.8) is 0 Å². The second-order valence-corrected chi connectivity index (χ2v) is 8.96. The van der Waals surface area contributed by atoms with Gasteiger partial charge in [-0.15, -0.1) is 0 Å². The Morgan fingerprint density at radius 2 is 1.82 bits per heavy atom. The number of rotatable bonds is 6. The van der Waals surface area contributed by atoms with E-state index in [0.29, 0.717) is 4.91 Å². The summed E-state index contributed by atoms with van der Waals surface area (Å²) in [6.45, 7) is 0.582. The van der Waals surface area contributed by atoms with Crippen LogP contribution in [0.25, 0.3) is 6.08 Å². The van der Waals surface area contributed by atoms with E-state index in [1.165, 1.54) is 0 Å². The maximum absolute atomic E-state index is 12.6. The van der Waals surface area contributed by atoms with E-state index < -0.39 is 35.9 Å². The number of carbonyl (C=O) groups excluding carboxylic acids is 4. The molecule has 2 saturated heterocycles. The van der Waals surface area contributed by atoms with Gasteiger partial charge in [0.05, 0.1) is 4.91 Å². The number of alkyl halides is 3. The number of benzene rings is 1. The van der Waals surface area contributed by atoms with Crippen molar-refractivity contribution in [2.75, 3.05) is 32.8 Å². The Morgan fingerprint density at radius 1 is 1.18 bits per heavy atom. The Kier molecular flexibility index (Phi) is 8.24. The molecule has 4 amide bonds. The average molecular weight is 500 g/mol. The summed E-state index contributed by atoms with van der Waals surface area (Å²) >= 11 is 0.842. The predicted octanol–water partition coefficient (Wildman–Crippen LogP) is 3.56. The number of aryl methyl sites for hydroxylation is 1. The Bertz CT molecular complexity index is 973. The van der Waals surface area contributed by atoms with Crippen LogP contribution in [0.2, 0.25) is 0 Å². The molecule has 2 aliphatic rings. The molecular weight excluding hydrogens is 475 g/mol. The topological polar surface area (TPSA) is 96.0 Å². The summed E-state index contributed by atoms with van der Waals surface area (Å²) in [4.78, 5) is 51.4. The van der Waals surface area contributed by atoms with Crippen molar-refractivity contribution in [3.05, 3.63) is 40.3 Å². The fourth-order valence-electron chi connectivity index (χ4n) is 3.50. The first-order valence-corrected chi connectivity index (χ1v) is 11.4. The molecular formula is C22H24F3N3O5S. The van der Waals surface area contributed by atoms with Crippen LogP contribution in [0.3, 0.4) is 0 Å². The number of amides is 4. The largest absolute Gasteiger partial charge is 0.440 e. The van der Waals surface area contributed by atoms with E-state index >= 15 is 0 Å². The number of piperidine rings is 1. The third-order valence-corrected chi connectivity index (χ3v) is 6.27. The quantitative estimate of drug-likeness (QED) is 0.602. The van der Waals surface area contributed by atoms with Crippen molar-refractivity contribution < 1.29 is 37.1 Å². The molecule has 2 aliphatic heterocycles. The molecule has 2 fully saturated rings. The SMILES string of the molecule is Cc1ccc(/C=C2/SC(=O)N(CCNC(=O)C3CCN(C(=O)OCC(F)(F)F)CC3)C2=O)cc1. The molecule has 0 aliphatic carbocycles. The van der Waals surface area contributed by atoms with Gasteiger partial charge in [-0.3, -0.25) is 19.3 Å². The van der Waals surface area contributed by atoms with Crippen LogP contribution >= 0.6 is 11.8 Å². The average Bonchev–Trinajstić information content (AvgIpc) is 3.05. The maximum Gasteiger partial charge on any atom is 0.422 e. The summed E-state index contributed by atoms with van der Waals surface area (Å²) in [7, 11) is 0. The lowest BCUT2D eigenvalue weighted by Gasteiger charge is -2.30. The zero-order valence-corrected chi connectivity index (χ0v) is 19.2. The minimum atomic E-state index is -4.60. The van der Waals surface area contributed by atoms with E-state index in [0.717, 1.165) is 32.7 Å². The third kappa shape index (κ3) is 6.99. The number of nitrogens with one attached hydrogen (secondary N) is 1. The molecule has 34 heavy (non-hydrogen) atoms. The number of imide groups is 1. The Balaban J connectivity index is 1.42. The van der Waals surface area contributed by atoms with Gasteiger partial charge < -0.3 is 15.0 Å². The van der Waals surface area contributed by atoms with Gasteiger partial charge in [0.25, 0.3) is 11.1 Å². The number of ether oxygens (including phenoxy) is 1. The normalized spacial score (nSPS) is 18.5. The van der Waals surface area contributed by atoms with Crippen molar-refractivity contribution in [3.8, 4) is 0 Å². The number of carbonyl (C=O) groups is 4. The van der Waals surface area contributed by atoms with Crippen molar-refractivity contribution in [2.45, 2.75) is 25.9 Å². The summed E-state index contributed by atoms with van der Waals surface area (Å²) in [6.07, 6.45) is -3.46. The lowest BCUT2D eigenvalue weighted by Crippen LogP contribution is -2.45. The van der Waals surface area contributed by atoms with Gasteiger partial charge in [0, 0.05) is 32.1 Å². The predicted molar refractivity (Wildman–Crippen MR) is 119 cm³/mol. The monoisotopic (exact) mass is 499 g/mol. The van der Waals surface area contributed by atoms with Gasteiger partial charge >= 0.3 is 12.3 Å². The zero-order valence-electron chi connectivity index (χ0n) is 18.4. The van der Waals surface area contributed by atoms with Crippen LogP contribution in [0.4, 0.5) is 22.8 Å². The highest BCUT2D eigenvalue weighted by atomic mass is 32.2. The van der Waals surface area contributed by atoms with Gasteiger partial charge in [-0.05, 0) is 43.2 Å². The molecule has 0 atom stereocenters. The second kappa shape index (κ2) is 10.9. The molecule has 0 aromatic heterocycles. The molecule has 0 bridgehead atoms. The summed E-state index contributed by atoms with van der Waals surface area (Å²) in [5, 5.41) is 2.27. The summed E-state index contributed by atoms with van der Waals surface area (Å²) in [5.74, 6) is -1.15. The lowest BCUT2D eigenvalue weighted by molar-refractivity contribution is -0.162. The van der Waals surface area contributed by atoms with Gasteiger partial charge in [-0.2, -0.15) is 13.2 Å². The van der Waals surface area contributed by atoms with Crippen LogP contribution in [0.5, 0.6) is 0 Å². The zero-order chi connectivity index (χ0) is 24.9. The molecule has 0 radical (unpaired) electrons. The summed E-state index contributed by atoms with van der Waals surface area (Å²) < 4.78 is 40.7. The number of hydrogen-bond acceptors (Lipinski definition) is 6. The van der Waals surface area contributed by atoms with Gasteiger partial charge in [-0.1, -0.05) is 29.8 Å². The Labute approximate surface area is 198 Å². The molecule has 1 aromatic rings. The summed E-state index contributed by atoms with van der Waals surface area (Å²) in [5.41, 5.74) is 1.88. The molecule has 2 heterocycles. The molecule has 12 heteroatoms. The van der Waals surface area contributed by atoms with E-state index in [2.05, 4.69) is 10.1 Å². The van der Waals surface area contributed by atoms with Crippen LogP contribution in [0.15, 0.2) is 29.2 Å². The lowest BCUT2D eigenvalue weighted by atomic mass is 9.96. The minimum Gasteiger partial charge on any atom is -0.440 e. The smallest absolute Gasteiger partial charge is 0.422 e. The van der Waals surface area contributed by atoms with E-state index in [-0.39, 0.29) is 44.9 Å². The van der Waals surface area contributed by atoms with Gasteiger partial charge in [0.1, 0.15) is 0 Å². The van der Waals surface area contributed by atoms with Crippen molar-refractivity contribution in [1.82, 2.24) is 15.1 Å². The highest BCUT2D eigenvalue weighted by molar-refractivity contribution is 8.18. The van der Waals surface area contributed by atoms with E-state index in [1.54, 1.807) is 6.08 Å². The second-order valence-electron chi connectivity index (χ2n) is 7.97. The number of nitrogens with zero attached hydrogens (tertiary/aromatic N) is 2. The molecule has 0 unspecified atom stereocenters. The molecule has 0 spiro atoms. The van der Waals surface area contributed by atoms with Gasteiger partial charge in [-0.25, -0.2) is 4.79 Å². The summed E-state index contributed by atoms with van der Waals surface area (Å²) in [6, 6.07) is 7.51. The van der Waals surface area contributed by atoms with Crippen molar-refractivity contribution in [1.29, 1.82) is 0 Å². The molecule has 1 aromatic carbocycles. The fraction of sp³-hybridized carbons (Fsp3) is 0.455. The molecule has 0 saturated carbocycles. The highest BCUT2D eigenvalue weighted by Crippen LogP contribution is 2.32. The van der Waals surface area contributed by atoms with Crippen LogP contribution in [0, 0.1) is 12.8 Å². The Morgan fingerprint density at radius 3 is 2.44 bits per heavy atom.